The molecule has 0 bridgehead atoms. The number of methoxy groups -OCH3 is 1. The van der Waals surface area contributed by atoms with Crippen molar-refractivity contribution in [3.8, 4) is 0 Å². The van der Waals surface area contributed by atoms with E-state index < -0.39 is 12.1 Å². The van der Waals surface area contributed by atoms with Gasteiger partial charge in [-0.25, -0.2) is 4.79 Å². The van der Waals surface area contributed by atoms with Crippen molar-refractivity contribution in [2.45, 2.75) is 58.5 Å². The van der Waals surface area contributed by atoms with E-state index in [0.29, 0.717) is 28.7 Å². The molecule has 140 valence electrons. The number of carbonyl (C=O) groups excluding carboxylic acids is 1. The summed E-state index contributed by atoms with van der Waals surface area (Å²) < 4.78 is 4.63. The summed E-state index contributed by atoms with van der Waals surface area (Å²) in [5.74, 6) is 1.27. The van der Waals surface area contributed by atoms with Crippen LogP contribution in [0.2, 0.25) is 0 Å². The van der Waals surface area contributed by atoms with Crippen molar-refractivity contribution in [3.63, 3.8) is 0 Å². The minimum absolute atomic E-state index is 0.219. The molecular formula is C21H31BrO3. The van der Waals surface area contributed by atoms with Crippen LogP contribution in [0.3, 0.4) is 0 Å². The molecule has 2 fully saturated rings. The van der Waals surface area contributed by atoms with E-state index in [1.165, 1.54) is 39.2 Å². The summed E-state index contributed by atoms with van der Waals surface area (Å²) in [6, 6.07) is 0. The van der Waals surface area contributed by atoms with Crippen molar-refractivity contribution in [3.05, 3.63) is 34.9 Å². The number of allylic oxidation sites excluding steroid dienone is 2. The summed E-state index contributed by atoms with van der Waals surface area (Å²) in [5, 5.41) is 10.2. The van der Waals surface area contributed by atoms with Gasteiger partial charge in [-0.15, -0.1) is 0 Å². The lowest BCUT2D eigenvalue weighted by atomic mass is 9.61. The van der Waals surface area contributed by atoms with Crippen LogP contribution >= 0.6 is 15.9 Å². The number of esters is 1. The number of hydrogen-bond donors (Lipinski definition) is 1. The lowest BCUT2D eigenvalue weighted by Gasteiger charge is -2.43. The predicted octanol–water partition coefficient (Wildman–Crippen LogP) is 5.15. The standard InChI is InChI=1S/C21H31BrO3/c1-14(7-8-17(23)12-15(2)20(24)25-4)18-9-10-19-16(13-22)6-5-11-21(18,19)3/h7-8,13-14,17-19,23H,2,5-6,9-12H2,1,3-4H3/b8-7+,16-13+/t14-,17?,18-,19+,21-/m1/s1. The Morgan fingerprint density at radius 1 is 1.48 bits per heavy atom. The second kappa shape index (κ2) is 8.68. The summed E-state index contributed by atoms with van der Waals surface area (Å²) in [6.45, 7) is 8.38. The molecule has 0 aromatic heterocycles. The molecule has 0 saturated heterocycles. The quantitative estimate of drug-likeness (QED) is 0.373. The molecular weight excluding hydrogens is 380 g/mol. The van der Waals surface area contributed by atoms with Crippen molar-refractivity contribution in [1.29, 1.82) is 0 Å². The van der Waals surface area contributed by atoms with E-state index in [2.05, 4.69) is 52.2 Å². The van der Waals surface area contributed by atoms with Crippen LogP contribution in [-0.4, -0.2) is 24.3 Å². The molecule has 3 nitrogen and oxygen atoms in total. The van der Waals surface area contributed by atoms with Gasteiger partial charge in [0.25, 0.3) is 0 Å². The third-order valence-electron chi connectivity index (χ3n) is 6.38. The maximum Gasteiger partial charge on any atom is 0.333 e. The molecule has 2 saturated carbocycles. The van der Waals surface area contributed by atoms with E-state index >= 15 is 0 Å². The topological polar surface area (TPSA) is 46.5 Å². The van der Waals surface area contributed by atoms with Crippen LogP contribution in [0.5, 0.6) is 0 Å². The maximum atomic E-state index is 11.4. The van der Waals surface area contributed by atoms with Gasteiger partial charge in [0.1, 0.15) is 0 Å². The highest BCUT2D eigenvalue weighted by molar-refractivity contribution is 9.11. The van der Waals surface area contributed by atoms with E-state index in [1.807, 2.05) is 6.08 Å². The zero-order valence-electron chi connectivity index (χ0n) is 15.6. The minimum atomic E-state index is -0.691. The Bertz CT molecular complexity index is 565. The van der Waals surface area contributed by atoms with Gasteiger partial charge in [-0.2, -0.15) is 0 Å². The molecule has 5 atom stereocenters. The average Bonchev–Trinajstić information content (AvgIpc) is 2.95. The van der Waals surface area contributed by atoms with Crippen molar-refractivity contribution in [2.24, 2.45) is 23.2 Å². The van der Waals surface area contributed by atoms with Crippen LogP contribution in [0.1, 0.15) is 52.4 Å². The molecule has 0 heterocycles. The highest BCUT2D eigenvalue weighted by Crippen LogP contribution is 2.59. The third kappa shape index (κ3) is 4.46. The van der Waals surface area contributed by atoms with Gasteiger partial charge in [0, 0.05) is 12.0 Å². The summed E-state index contributed by atoms with van der Waals surface area (Å²) >= 11 is 3.56. The second-order valence-corrected chi connectivity index (χ2v) is 8.35. The van der Waals surface area contributed by atoms with Crippen LogP contribution in [0.25, 0.3) is 0 Å². The summed E-state index contributed by atoms with van der Waals surface area (Å²) in [6.07, 6.45) is 9.74. The number of ether oxygens (including phenoxy) is 1. The first-order valence-electron chi connectivity index (χ1n) is 9.25. The number of fused-ring (bicyclic) bond motifs is 1. The first-order chi connectivity index (χ1) is 11.8. The van der Waals surface area contributed by atoms with Gasteiger partial charge in [-0.05, 0) is 60.3 Å². The molecule has 0 aromatic rings. The number of halogens is 1. The fraction of sp³-hybridized carbons (Fsp3) is 0.667. The van der Waals surface area contributed by atoms with Crippen LogP contribution < -0.4 is 0 Å². The normalized spacial score (nSPS) is 33.2. The monoisotopic (exact) mass is 410 g/mol. The van der Waals surface area contributed by atoms with Gasteiger partial charge >= 0.3 is 5.97 Å². The number of hydrogen-bond acceptors (Lipinski definition) is 3. The largest absolute Gasteiger partial charge is 0.466 e. The van der Waals surface area contributed by atoms with Crippen LogP contribution in [0, 0.1) is 23.2 Å². The summed E-state index contributed by atoms with van der Waals surface area (Å²) in [5.41, 5.74) is 2.23. The SMILES string of the molecule is C=C(CC(O)/C=C/[C@@H](C)[C@H]1CC[C@H]2/C(=C/Br)CCC[C@]12C)C(=O)OC. The molecule has 4 heteroatoms. The van der Waals surface area contributed by atoms with Gasteiger partial charge in [0.2, 0.25) is 0 Å². The molecule has 1 N–H and O–H groups in total. The molecule has 2 rings (SSSR count). The molecule has 0 aromatic carbocycles. The second-order valence-electron chi connectivity index (χ2n) is 7.89. The van der Waals surface area contributed by atoms with Gasteiger partial charge in [-0.3, -0.25) is 0 Å². The molecule has 0 aliphatic heterocycles. The fourth-order valence-corrected chi connectivity index (χ4v) is 5.61. The van der Waals surface area contributed by atoms with Crippen molar-refractivity contribution < 1.29 is 14.6 Å². The molecule has 25 heavy (non-hydrogen) atoms. The predicted molar refractivity (Wildman–Crippen MR) is 105 cm³/mol. The lowest BCUT2D eigenvalue weighted by molar-refractivity contribution is -0.136. The average molecular weight is 411 g/mol. The minimum Gasteiger partial charge on any atom is -0.466 e. The Balaban J connectivity index is 2.00. The zero-order chi connectivity index (χ0) is 18.6. The first kappa shape index (κ1) is 20.4. The lowest BCUT2D eigenvalue weighted by Crippen LogP contribution is -2.35. The molecule has 2 aliphatic rings. The Hall–Kier alpha value is -0.870. The Kier molecular flexibility index (Phi) is 7.10. The van der Waals surface area contributed by atoms with Crippen LogP contribution in [0.15, 0.2) is 34.9 Å². The molecule has 0 radical (unpaired) electrons. The van der Waals surface area contributed by atoms with Crippen molar-refractivity contribution in [2.75, 3.05) is 7.11 Å². The van der Waals surface area contributed by atoms with Crippen LogP contribution in [0.4, 0.5) is 0 Å². The van der Waals surface area contributed by atoms with Gasteiger partial charge in [-0.1, -0.05) is 54.1 Å². The van der Waals surface area contributed by atoms with Crippen molar-refractivity contribution >= 4 is 21.9 Å². The fourth-order valence-electron chi connectivity index (χ4n) is 5.06. The van der Waals surface area contributed by atoms with Crippen LogP contribution in [-0.2, 0) is 9.53 Å². The van der Waals surface area contributed by atoms with E-state index in [4.69, 9.17) is 0 Å². The van der Waals surface area contributed by atoms with E-state index in [0.717, 1.165) is 0 Å². The van der Waals surface area contributed by atoms with Gasteiger partial charge in [0.15, 0.2) is 0 Å². The van der Waals surface area contributed by atoms with Crippen molar-refractivity contribution in [1.82, 2.24) is 0 Å². The highest BCUT2D eigenvalue weighted by Gasteiger charge is 2.50. The Morgan fingerprint density at radius 2 is 2.20 bits per heavy atom. The molecule has 0 spiro atoms. The van der Waals surface area contributed by atoms with E-state index in [9.17, 15) is 9.90 Å². The summed E-state index contributed by atoms with van der Waals surface area (Å²) in [4.78, 5) is 13.5. The number of aliphatic hydroxyl groups excluding tert-OH is 1. The maximum absolute atomic E-state index is 11.4. The Morgan fingerprint density at radius 3 is 2.84 bits per heavy atom. The van der Waals surface area contributed by atoms with Gasteiger partial charge in [0.05, 0.1) is 13.2 Å². The molecule has 0 amide bonds. The summed E-state index contributed by atoms with van der Waals surface area (Å²) in [7, 11) is 1.33. The molecule has 2 aliphatic carbocycles. The number of aliphatic hydroxyl groups is 1. The molecule has 1 unspecified atom stereocenters. The highest BCUT2D eigenvalue weighted by atomic mass is 79.9. The zero-order valence-corrected chi connectivity index (χ0v) is 17.2. The van der Waals surface area contributed by atoms with E-state index in [-0.39, 0.29) is 6.42 Å². The third-order valence-corrected chi connectivity index (χ3v) is 6.97. The Labute approximate surface area is 160 Å². The smallest absolute Gasteiger partial charge is 0.333 e. The van der Waals surface area contributed by atoms with E-state index in [1.54, 1.807) is 5.57 Å². The first-order valence-corrected chi connectivity index (χ1v) is 10.2. The number of rotatable bonds is 6. The van der Waals surface area contributed by atoms with Gasteiger partial charge < -0.3 is 9.84 Å². The number of carbonyl (C=O) groups is 1.